The summed E-state index contributed by atoms with van der Waals surface area (Å²) in [5.74, 6) is 0.827. The number of hydrogen-bond acceptors (Lipinski definition) is 2. The first kappa shape index (κ1) is 15.0. The number of ether oxygens (including phenoxy) is 1. The van der Waals surface area contributed by atoms with Gasteiger partial charge in [0.1, 0.15) is 0 Å². The monoisotopic (exact) mass is 255 g/mol. The average molecular weight is 255 g/mol. The van der Waals surface area contributed by atoms with Crippen LogP contribution >= 0.6 is 0 Å². The van der Waals surface area contributed by atoms with Crippen molar-refractivity contribution in [3.63, 3.8) is 0 Å². The van der Waals surface area contributed by atoms with Crippen LogP contribution in [0.2, 0.25) is 0 Å². The second-order valence-electron chi connectivity index (χ2n) is 4.42. The Labute approximate surface area is 115 Å². The minimum atomic E-state index is 0.328. The fourth-order valence-electron chi connectivity index (χ4n) is 1.53. The molecular formula is C17H21NO. The Morgan fingerprint density at radius 2 is 1.89 bits per heavy atom. The zero-order valence-electron chi connectivity index (χ0n) is 11.9. The van der Waals surface area contributed by atoms with E-state index in [1.54, 1.807) is 6.21 Å². The molecule has 0 atom stereocenters. The third kappa shape index (κ3) is 6.41. The molecule has 1 aromatic carbocycles. The zero-order valence-corrected chi connectivity index (χ0v) is 11.9. The Bertz CT molecular complexity index is 495. The van der Waals surface area contributed by atoms with Crippen molar-refractivity contribution in [1.82, 2.24) is 0 Å². The molecule has 0 heterocycles. The van der Waals surface area contributed by atoms with E-state index in [-0.39, 0.29) is 0 Å². The van der Waals surface area contributed by atoms with Crippen molar-refractivity contribution in [3.8, 4) is 0 Å². The molecule has 0 radical (unpaired) electrons. The molecule has 1 aromatic rings. The van der Waals surface area contributed by atoms with Crippen molar-refractivity contribution in [2.24, 2.45) is 4.99 Å². The van der Waals surface area contributed by atoms with E-state index in [0.29, 0.717) is 6.73 Å². The number of allylic oxidation sites excluding steroid dienone is 5. The molecule has 1 rings (SSSR count). The van der Waals surface area contributed by atoms with Gasteiger partial charge in [-0.3, -0.25) is 4.99 Å². The molecule has 0 aliphatic heterocycles. The van der Waals surface area contributed by atoms with E-state index in [1.165, 1.54) is 11.1 Å². The minimum Gasteiger partial charge on any atom is -0.476 e. The molecular weight excluding hydrogens is 234 g/mol. The Morgan fingerprint density at radius 1 is 1.21 bits per heavy atom. The van der Waals surface area contributed by atoms with Gasteiger partial charge in [0.25, 0.3) is 0 Å². The van der Waals surface area contributed by atoms with Gasteiger partial charge in [0.05, 0.1) is 5.76 Å². The van der Waals surface area contributed by atoms with Gasteiger partial charge in [-0.15, -0.1) is 0 Å². The van der Waals surface area contributed by atoms with Crippen LogP contribution in [-0.2, 0) is 4.74 Å². The normalized spacial score (nSPS) is 12.8. The maximum absolute atomic E-state index is 5.41. The van der Waals surface area contributed by atoms with Gasteiger partial charge in [-0.1, -0.05) is 42.5 Å². The molecule has 0 unspecified atom stereocenters. The lowest BCUT2D eigenvalue weighted by Crippen LogP contribution is -1.89. The van der Waals surface area contributed by atoms with E-state index in [4.69, 9.17) is 4.74 Å². The summed E-state index contributed by atoms with van der Waals surface area (Å²) < 4.78 is 5.41. The third-order valence-corrected chi connectivity index (χ3v) is 2.48. The van der Waals surface area contributed by atoms with E-state index in [1.807, 2.05) is 44.2 Å². The summed E-state index contributed by atoms with van der Waals surface area (Å²) in [6, 6.07) is 10.2. The lowest BCUT2D eigenvalue weighted by molar-refractivity contribution is 0.225. The van der Waals surface area contributed by atoms with Gasteiger partial charge in [-0.05, 0) is 44.1 Å². The predicted molar refractivity (Wildman–Crippen MR) is 83.1 cm³/mol. The molecule has 0 N–H and O–H groups in total. The molecule has 0 saturated carbocycles. The number of aliphatic imine (C=N–C) groups is 1. The van der Waals surface area contributed by atoms with Crippen molar-refractivity contribution in [2.75, 3.05) is 6.73 Å². The van der Waals surface area contributed by atoms with Gasteiger partial charge in [0.15, 0.2) is 6.73 Å². The first-order valence-electron chi connectivity index (χ1n) is 6.28. The molecule has 2 heteroatoms. The quantitative estimate of drug-likeness (QED) is 0.413. The highest BCUT2D eigenvalue weighted by Gasteiger charge is 1.91. The lowest BCUT2D eigenvalue weighted by Gasteiger charge is -2.02. The van der Waals surface area contributed by atoms with Crippen LogP contribution in [0.25, 0.3) is 5.57 Å². The van der Waals surface area contributed by atoms with E-state index in [0.717, 1.165) is 11.3 Å². The molecule has 0 aliphatic rings. The fourth-order valence-corrected chi connectivity index (χ4v) is 1.53. The summed E-state index contributed by atoms with van der Waals surface area (Å²) in [5, 5.41) is 0. The van der Waals surface area contributed by atoms with Crippen molar-refractivity contribution in [1.29, 1.82) is 0 Å². The molecule has 0 fully saturated rings. The van der Waals surface area contributed by atoms with Gasteiger partial charge in [0, 0.05) is 6.21 Å². The van der Waals surface area contributed by atoms with Crippen molar-refractivity contribution in [3.05, 3.63) is 66.0 Å². The summed E-state index contributed by atoms with van der Waals surface area (Å²) >= 11 is 0. The topological polar surface area (TPSA) is 21.6 Å². The van der Waals surface area contributed by atoms with Crippen LogP contribution in [0.4, 0.5) is 0 Å². The smallest absolute Gasteiger partial charge is 0.178 e. The molecule has 19 heavy (non-hydrogen) atoms. The fraction of sp³-hybridized carbons (Fsp3) is 0.235. The standard InChI is InChI=1S/C17H21NO/c1-14(2)12-16(4)19-13-18-11-10-15(3)17-8-6-5-7-9-17/h5-12H,1,13H2,2-4H3/b15-10+,16-12+,18-11-. The highest BCUT2D eigenvalue weighted by atomic mass is 16.5. The van der Waals surface area contributed by atoms with Gasteiger partial charge in [-0.2, -0.15) is 0 Å². The maximum atomic E-state index is 5.41. The van der Waals surface area contributed by atoms with Crippen LogP contribution in [0.1, 0.15) is 26.3 Å². The Hall–Kier alpha value is -2.09. The summed E-state index contributed by atoms with van der Waals surface area (Å²) in [4.78, 5) is 4.19. The van der Waals surface area contributed by atoms with E-state index < -0.39 is 0 Å². The maximum Gasteiger partial charge on any atom is 0.178 e. The van der Waals surface area contributed by atoms with Gasteiger partial charge >= 0.3 is 0 Å². The first-order valence-corrected chi connectivity index (χ1v) is 6.28. The second kappa shape index (κ2) is 8.09. The van der Waals surface area contributed by atoms with Gasteiger partial charge in [-0.25, -0.2) is 0 Å². The number of hydrogen-bond donors (Lipinski definition) is 0. The van der Waals surface area contributed by atoms with Crippen LogP contribution in [0.15, 0.2) is 65.4 Å². The van der Waals surface area contributed by atoms with Crippen LogP contribution in [0.5, 0.6) is 0 Å². The summed E-state index contributed by atoms with van der Waals surface area (Å²) in [6.07, 6.45) is 5.65. The number of nitrogens with zero attached hydrogens (tertiary/aromatic N) is 1. The Morgan fingerprint density at radius 3 is 2.53 bits per heavy atom. The molecule has 0 saturated heterocycles. The van der Waals surface area contributed by atoms with Crippen LogP contribution in [-0.4, -0.2) is 12.9 Å². The van der Waals surface area contributed by atoms with Gasteiger partial charge in [0.2, 0.25) is 0 Å². The van der Waals surface area contributed by atoms with Crippen LogP contribution in [0.3, 0.4) is 0 Å². The highest BCUT2D eigenvalue weighted by Crippen LogP contribution is 2.11. The highest BCUT2D eigenvalue weighted by molar-refractivity contribution is 5.83. The van der Waals surface area contributed by atoms with E-state index >= 15 is 0 Å². The molecule has 0 amide bonds. The van der Waals surface area contributed by atoms with Crippen LogP contribution in [0, 0.1) is 0 Å². The zero-order chi connectivity index (χ0) is 14.1. The van der Waals surface area contributed by atoms with E-state index in [2.05, 4.69) is 30.6 Å². The van der Waals surface area contributed by atoms with Crippen molar-refractivity contribution in [2.45, 2.75) is 20.8 Å². The lowest BCUT2D eigenvalue weighted by atomic mass is 10.1. The Balaban J connectivity index is 2.44. The molecule has 0 aromatic heterocycles. The summed E-state index contributed by atoms with van der Waals surface area (Å²) in [6.45, 7) is 10.0. The molecule has 0 spiro atoms. The second-order valence-corrected chi connectivity index (χ2v) is 4.42. The van der Waals surface area contributed by atoms with E-state index in [9.17, 15) is 0 Å². The number of benzene rings is 1. The number of rotatable bonds is 6. The Kier molecular flexibility index (Phi) is 6.37. The predicted octanol–water partition coefficient (Wildman–Crippen LogP) is 4.61. The SMILES string of the molecule is C=C(C)/C=C(\C)OC/N=C\C=C(/C)c1ccccc1. The molecule has 2 nitrogen and oxygen atoms in total. The molecule has 0 bridgehead atoms. The largest absolute Gasteiger partial charge is 0.476 e. The molecule has 0 aliphatic carbocycles. The molecule has 100 valence electrons. The van der Waals surface area contributed by atoms with Crippen molar-refractivity contribution < 1.29 is 4.74 Å². The van der Waals surface area contributed by atoms with Crippen molar-refractivity contribution >= 4 is 11.8 Å². The summed E-state index contributed by atoms with van der Waals surface area (Å²) in [7, 11) is 0. The third-order valence-electron chi connectivity index (χ3n) is 2.48. The van der Waals surface area contributed by atoms with Gasteiger partial charge < -0.3 is 4.74 Å². The average Bonchev–Trinajstić information content (AvgIpc) is 2.38. The van der Waals surface area contributed by atoms with Crippen LogP contribution < -0.4 is 0 Å². The first-order chi connectivity index (χ1) is 9.09. The minimum absolute atomic E-state index is 0.328. The summed E-state index contributed by atoms with van der Waals surface area (Å²) in [5.41, 5.74) is 3.35.